The number of hydrogen-bond donors (Lipinski definition) is 0. The first-order chi connectivity index (χ1) is 18.4. The van der Waals surface area contributed by atoms with Crippen molar-refractivity contribution < 1.29 is 4.74 Å². The number of anilines is 1. The van der Waals surface area contributed by atoms with Crippen LogP contribution in [0.2, 0.25) is 0 Å². The van der Waals surface area contributed by atoms with Crippen LogP contribution >= 0.6 is 0 Å². The van der Waals surface area contributed by atoms with E-state index in [9.17, 15) is 0 Å². The molecule has 0 aliphatic carbocycles. The summed E-state index contributed by atoms with van der Waals surface area (Å²) < 4.78 is 8.32. The van der Waals surface area contributed by atoms with Crippen LogP contribution in [0.1, 0.15) is 17.2 Å². The molecular weight excluding hydrogens is 460 g/mol. The van der Waals surface area contributed by atoms with Crippen LogP contribution in [0, 0.1) is 0 Å². The van der Waals surface area contributed by atoms with Crippen LogP contribution in [0.25, 0.3) is 16.7 Å². The molecule has 37 heavy (non-hydrogen) atoms. The average Bonchev–Trinajstić information content (AvgIpc) is 3.42. The van der Waals surface area contributed by atoms with Crippen molar-refractivity contribution in [2.75, 3.05) is 44.2 Å². The summed E-state index contributed by atoms with van der Waals surface area (Å²) in [7, 11) is 0. The largest absolute Gasteiger partial charge is 0.367 e. The van der Waals surface area contributed by atoms with Crippen LogP contribution in [0.4, 0.5) is 5.82 Å². The normalized spacial score (nSPS) is 14.5. The van der Waals surface area contributed by atoms with Crippen molar-refractivity contribution >= 4 is 16.9 Å². The van der Waals surface area contributed by atoms with Gasteiger partial charge in [0.1, 0.15) is 18.2 Å². The highest BCUT2D eigenvalue weighted by atomic mass is 16.5. The summed E-state index contributed by atoms with van der Waals surface area (Å²) in [6.45, 7) is 5.31. The summed E-state index contributed by atoms with van der Waals surface area (Å²) in [4.78, 5) is 14.0. The molecule has 1 saturated heterocycles. The molecule has 0 atom stereocenters. The van der Waals surface area contributed by atoms with Gasteiger partial charge in [-0.3, -0.25) is 4.90 Å². The first-order valence-electron chi connectivity index (χ1n) is 12.8. The zero-order chi connectivity index (χ0) is 24.9. The van der Waals surface area contributed by atoms with E-state index in [1.165, 1.54) is 11.1 Å². The van der Waals surface area contributed by atoms with E-state index in [0.29, 0.717) is 6.61 Å². The molecule has 186 valence electrons. The van der Waals surface area contributed by atoms with Crippen molar-refractivity contribution in [3.05, 3.63) is 115 Å². The SMILES string of the molecule is c1ccc(C(OCCN2CCN(c3ncnc4c3cnn4-c3ccccc3)CC2)c2ccccc2)cc1. The van der Waals surface area contributed by atoms with Crippen molar-refractivity contribution in [3.63, 3.8) is 0 Å². The Morgan fingerprint density at radius 3 is 2.00 bits per heavy atom. The van der Waals surface area contributed by atoms with Gasteiger partial charge in [0.15, 0.2) is 5.65 Å². The average molecular weight is 491 g/mol. The van der Waals surface area contributed by atoms with Gasteiger partial charge in [-0.05, 0) is 23.3 Å². The molecule has 3 heterocycles. The second-order valence-corrected chi connectivity index (χ2v) is 9.23. The molecule has 0 radical (unpaired) electrons. The maximum absolute atomic E-state index is 6.44. The Morgan fingerprint density at radius 1 is 0.730 bits per heavy atom. The lowest BCUT2D eigenvalue weighted by Crippen LogP contribution is -2.47. The van der Waals surface area contributed by atoms with Crippen molar-refractivity contribution in [2.45, 2.75) is 6.10 Å². The summed E-state index contributed by atoms with van der Waals surface area (Å²) >= 11 is 0. The summed E-state index contributed by atoms with van der Waals surface area (Å²) in [5.41, 5.74) is 4.20. The maximum Gasteiger partial charge on any atom is 0.168 e. The van der Waals surface area contributed by atoms with E-state index in [2.05, 4.69) is 73.4 Å². The Balaban J connectivity index is 1.08. The van der Waals surface area contributed by atoms with Gasteiger partial charge >= 0.3 is 0 Å². The van der Waals surface area contributed by atoms with Crippen LogP contribution in [-0.4, -0.2) is 64.0 Å². The minimum Gasteiger partial charge on any atom is -0.367 e. The molecule has 6 rings (SSSR count). The third-order valence-electron chi connectivity index (χ3n) is 6.91. The molecule has 2 aromatic heterocycles. The van der Waals surface area contributed by atoms with Crippen LogP contribution in [0.5, 0.6) is 0 Å². The van der Waals surface area contributed by atoms with Crippen LogP contribution in [-0.2, 0) is 4.74 Å². The minimum absolute atomic E-state index is 0.0563. The molecule has 5 aromatic rings. The van der Waals surface area contributed by atoms with E-state index in [-0.39, 0.29) is 6.10 Å². The summed E-state index contributed by atoms with van der Waals surface area (Å²) in [5.74, 6) is 0.955. The lowest BCUT2D eigenvalue weighted by Gasteiger charge is -2.35. The van der Waals surface area contributed by atoms with Gasteiger partial charge in [-0.2, -0.15) is 5.10 Å². The van der Waals surface area contributed by atoms with Crippen molar-refractivity contribution in [3.8, 4) is 5.69 Å². The molecule has 0 N–H and O–H groups in total. The molecule has 0 unspecified atom stereocenters. The van der Waals surface area contributed by atoms with Gasteiger partial charge in [-0.25, -0.2) is 14.6 Å². The van der Waals surface area contributed by atoms with E-state index in [4.69, 9.17) is 4.74 Å². The molecular formula is C30H30N6O. The lowest BCUT2D eigenvalue weighted by atomic mass is 10.0. The Labute approximate surface area is 217 Å². The molecule has 1 aliphatic rings. The van der Waals surface area contributed by atoms with Crippen LogP contribution < -0.4 is 4.90 Å². The Kier molecular flexibility index (Phi) is 6.88. The molecule has 3 aromatic carbocycles. The molecule has 0 bridgehead atoms. The maximum atomic E-state index is 6.44. The molecule has 0 saturated carbocycles. The highest BCUT2D eigenvalue weighted by Crippen LogP contribution is 2.27. The first-order valence-corrected chi connectivity index (χ1v) is 12.8. The Hall–Kier alpha value is -4.07. The lowest BCUT2D eigenvalue weighted by molar-refractivity contribution is 0.0586. The third kappa shape index (κ3) is 5.09. The van der Waals surface area contributed by atoms with Gasteiger partial charge in [0.2, 0.25) is 0 Å². The number of fused-ring (bicyclic) bond motifs is 1. The Bertz CT molecular complexity index is 1380. The van der Waals surface area contributed by atoms with Gasteiger partial charge in [-0.15, -0.1) is 0 Å². The van der Waals surface area contributed by atoms with Crippen molar-refractivity contribution in [2.24, 2.45) is 0 Å². The molecule has 7 heteroatoms. The fourth-order valence-corrected chi connectivity index (χ4v) is 4.97. The first kappa shape index (κ1) is 23.3. The van der Waals surface area contributed by atoms with E-state index in [1.807, 2.05) is 53.3 Å². The predicted octanol–water partition coefficient (Wildman–Crippen LogP) is 4.74. The van der Waals surface area contributed by atoms with Gasteiger partial charge in [0.25, 0.3) is 0 Å². The number of ether oxygens (including phenoxy) is 1. The molecule has 7 nitrogen and oxygen atoms in total. The second kappa shape index (κ2) is 10.9. The van der Waals surface area contributed by atoms with E-state index >= 15 is 0 Å². The second-order valence-electron chi connectivity index (χ2n) is 9.23. The van der Waals surface area contributed by atoms with Crippen LogP contribution in [0.3, 0.4) is 0 Å². The number of rotatable bonds is 8. The third-order valence-corrected chi connectivity index (χ3v) is 6.91. The topological polar surface area (TPSA) is 59.3 Å². The number of benzene rings is 3. The number of para-hydroxylation sites is 1. The molecule has 1 fully saturated rings. The van der Waals surface area contributed by atoms with Gasteiger partial charge in [0.05, 0.1) is 23.9 Å². The van der Waals surface area contributed by atoms with Crippen LogP contribution in [0.15, 0.2) is 104 Å². The van der Waals surface area contributed by atoms with E-state index < -0.39 is 0 Å². The number of nitrogens with zero attached hydrogens (tertiary/aromatic N) is 6. The minimum atomic E-state index is -0.0563. The smallest absolute Gasteiger partial charge is 0.168 e. The zero-order valence-electron chi connectivity index (χ0n) is 20.7. The van der Waals surface area contributed by atoms with E-state index in [0.717, 1.165) is 55.3 Å². The van der Waals surface area contributed by atoms with Gasteiger partial charge in [-0.1, -0.05) is 78.9 Å². The zero-order valence-corrected chi connectivity index (χ0v) is 20.7. The monoisotopic (exact) mass is 490 g/mol. The highest BCUT2D eigenvalue weighted by Gasteiger charge is 2.22. The number of piperazine rings is 1. The molecule has 0 amide bonds. The molecule has 1 aliphatic heterocycles. The quantitative estimate of drug-likeness (QED) is 0.313. The fraction of sp³-hybridized carbons (Fsp3) is 0.233. The molecule has 0 spiro atoms. The van der Waals surface area contributed by atoms with Crippen molar-refractivity contribution in [1.82, 2.24) is 24.6 Å². The number of aromatic nitrogens is 4. The fourth-order valence-electron chi connectivity index (χ4n) is 4.97. The number of hydrogen-bond acceptors (Lipinski definition) is 6. The van der Waals surface area contributed by atoms with Gasteiger partial charge < -0.3 is 9.64 Å². The van der Waals surface area contributed by atoms with Gasteiger partial charge in [0, 0.05) is 32.7 Å². The standard InChI is InChI=1S/C30H30N6O/c1-4-10-24(11-5-1)28(25-12-6-2-7-13-25)37-21-20-34-16-18-35(19-17-34)29-27-22-33-36(30(27)32-23-31-29)26-14-8-3-9-15-26/h1-15,22-23,28H,16-21H2. The summed E-state index contributed by atoms with van der Waals surface area (Å²) in [5, 5.41) is 5.59. The predicted molar refractivity (Wildman–Crippen MR) is 146 cm³/mol. The Morgan fingerprint density at radius 2 is 1.35 bits per heavy atom. The van der Waals surface area contributed by atoms with E-state index in [1.54, 1.807) is 6.33 Å². The summed E-state index contributed by atoms with van der Waals surface area (Å²) in [6, 6.07) is 31.0. The highest BCUT2D eigenvalue weighted by molar-refractivity contribution is 5.87. The summed E-state index contributed by atoms with van der Waals surface area (Å²) in [6.07, 6.45) is 3.47. The van der Waals surface area contributed by atoms with Crippen molar-refractivity contribution in [1.29, 1.82) is 0 Å².